The van der Waals surface area contributed by atoms with Gasteiger partial charge in [0.05, 0.1) is 7.11 Å². The molecule has 1 amide bonds. The second-order valence-electron chi connectivity index (χ2n) is 11.6. The number of fused-ring (bicyclic) bond motifs is 1. The molecular formula is C33H40F2N2O4S. The number of phenols is 1. The van der Waals surface area contributed by atoms with E-state index in [9.17, 15) is 13.8 Å². The van der Waals surface area contributed by atoms with Gasteiger partial charge in [0.1, 0.15) is 22.9 Å². The number of hydrogen-bond donors (Lipinski definition) is 1. The van der Waals surface area contributed by atoms with Crippen molar-refractivity contribution in [2.24, 2.45) is 0 Å². The Bertz CT molecular complexity index is 1370. The zero-order chi connectivity index (χ0) is 30.4. The van der Waals surface area contributed by atoms with Gasteiger partial charge in [-0.1, -0.05) is 30.3 Å². The highest BCUT2D eigenvalue weighted by Crippen LogP contribution is 2.50. The van der Waals surface area contributed by atoms with Crippen molar-refractivity contribution in [2.75, 3.05) is 44.4 Å². The third-order valence-corrected chi connectivity index (χ3v) is 7.74. The van der Waals surface area contributed by atoms with Crippen LogP contribution in [-0.2, 0) is 11.2 Å². The number of carbonyl (C=O) groups excluding carboxylic acids is 1. The standard InChI is InChI=1S/C32H37FN2O4.CH3FS/c1-32(2,3)39-31(37)35-17-15-34(16-18-35)22-10-13-27(29(20-22)38-4)30-24-14-11-23(36)19-21(24)9-12-26(30)25-7-5-6-8-28(25)33;1-3-2/h5-8,10-11,13-14,19-20,26,30,36H,9,12,15-18H2,1-4H3;1H3. The van der Waals surface area contributed by atoms with Gasteiger partial charge < -0.3 is 24.4 Å². The van der Waals surface area contributed by atoms with E-state index in [2.05, 4.69) is 17.0 Å². The van der Waals surface area contributed by atoms with E-state index in [-0.39, 0.29) is 41.6 Å². The lowest BCUT2D eigenvalue weighted by molar-refractivity contribution is 0.0240. The molecule has 0 saturated carbocycles. The summed E-state index contributed by atoms with van der Waals surface area (Å²) in [6, 6.07) is 18.7. The maximum atomic E-state index is 15.1. The molecule has 1 heterocycles. The van der Waals surface area contributed by atoms with Crippen LogP contribution >= 0.6 is 12.1 Å². The van der Waals surface area contributed by atoms with E-state index in [1.165, 1.54) is 12.3 Å². The molecule has 1 fully saturated rings. The normalized spacial score (nSPS) is 18.5. The molecule has 5 rings (SSSR count). The fourth-order valence-corrected chi connectivity index (χ4v) is 5.93. The van der Waals surface area contributed by atoms with Gasteiger partial charge in [0.2, 0.25) is 0 Å². The first-order valence-electron chi connectivity index (χ1n) is 14.2. The summed E-state index contributed by atoms with van der Waals surface area (Å²) in [6.45, 7) is 8.15. The average molecular weight is 599 g/mol. The average Bonchev–Trinajstić information content (AvgIpc) is 2.96. The minimum absolute atomic E-state index is 0.0691. The Morgan fingerprint density at radius 2 is 1.64 bits per heavy atom. The highest BCUT2D eigenvalue weighted by Gasteiger charge is 2.35. The molecule has 1 saturated heterocycles. The van der Waals surface area contributed by atoms with Gasteiger partial charge in [-0.25, -0.2) is 9.18 Å². The van der Waals surface area contributed by atoms with Crippen LogP contribution in [0.1, 0.15) is 61.3 Å². The highest BCUT2D eigenvalue weighted by molar-refractivity contribution is 7.93. The summed E-state index contributed by atoms with van der Waals surface area (Å²) in [5, 5.41) is 10.1. The predicted octanol–water partition coefficient (Wildman–Crippen LogP) is 7.69. The molecule has 1 N–H and O–H groups in total. The quantitative estimate of drug-likeness (QED) is 0.332. The summed E-state index contributed by atoms with van der Waals surface area (Å²) in [6.07, 6.45) is 2.62. The maximum Gasteiger partial charge on any atom is 0.410 e. The Labute approximate surface area is 251 Å². The number of halogens is 2. The van der Waals surface area contributed by atoms with E-state index in [4.69, 9.17) is 9.47 Å². The number of nitrogens with zero attached hydrogens (tertiary/aromatic N) is 2. The molecule has 0 spiro atoms. The minimum Gasteiger partial charge on any atom is -0.508 e. The molecule has 1 aliphatic carbocycles. The molecule has 0 bridgehead atoms. The van der Waals surface area contributed by atoms with Gasteiger partial charge in [-0.2, -0.15) is 3.89 Å². The van der Waals surface area contributed by atoms with Crippen molar-refractivity contribution in [2.45, 2.75) is 51.0 Å². The number of amides is 1. The van der Waals surface area contributed by atoms with Gasteiger partial charge in [0, 0.05) is 67.8 Å². The Kier molecular flexibility index (Phi) is 10.2. The van der Waals surface area contributed by atoms with Crippen molar-refractivity contribution >= 4 is 23.9 Å². The number of phenolic OH excluding ortho intramolecular Hbond substituents is 1. The number of piperazine rings is 1. The molecule has 2 atom stereocenters. The van der Waals surface area contributed by atoms with Crippen LogP contribution in [-0.4, -0.2) is 61.2 Å². The molecule has 3 aromatic carbocycles. The SMILES string of the molecule is COc1cc(N2CCN(C(=O)OC(C)(C)C)CC2)ccc1C1c2ccc(O)cc2CCC1c1ccccc1F.CSF. The first kappa shape index (κ1) is 31.5. The van der Waals surface area contributed by atoms with Crippen LogP contribution in [0, 0.1) is 5.82 Å². The van der Waals surface area contributed by atoms with E-state index in [0.717, 1.165) is 41.0 Å². The van der Waals surface area contributed by atoms with Crippen LogP contribution in [0.3, 0.4) is 0 Å². The lowest BCUT2D eigenvalue weighted by atomic mass is 9.69. The number of carbonyl (C=O) groups is 1. The lowest BCUT2D eigenvalue weighted by Gasteiger charge is -2.38. The third kappa shape index (κ3) is 7.30. The fourth-order valence-electron chi connectivity index (χ4n) is 5.93. The number of aryl methyl sites for hydroxylation is 1. The number of aromatic hydroxyl groups is 1. The summed E-state index contributed by atoms with van der Waals surface area (Å²) in [7, 11) is 1.67. The molecule has 2 aliphatic rings. The van der Waals surface area contributed by atoms with Gasteiger partial charge in [0.25, 0.3) is 0 Å². The van der Waals surface area contributed by atoms with E-state index in [1.54, 1.807) is 24.1 Å². The van der Waals surface area contributed by atoms with Crippen molar-refractivity contribution < 1.29 is 27.7 Å². The molecule has 3 aromatic rings. The zero-order valence-corrected chi connectivity index (χ0v) is 25.7. The number of ether oxygens (including phenoxy) is 2. The largest absolute Gasteiger partial charge is 0.508 e. The second kappa shape index (κ2) is 13.7. The van der Waals surface area contributed by atoms with Gasteiger partial charge in [-0.05, 0) is 80.5 Å². The molecule has 2 unspecified atom stereocenters. The number of benzene rings is 3. The molecule has 9 heteroatoms. The summed E-state index contributed by atoms with van der Waals surface area (Å²) in [5.74, 6) is 0.590. The zero-order valence-electron chi connectivity index (χ0n) is 24.9. The van der Waals surface area contributed by atoms with E-state index in [1.807, 2.05) is 51.1 Å². The maximum absolute atomic E-state index is 15.1. The minimum atomic E-state index is -0.519. The molecule has 1 aliphatic heterocycles. The monoisotopic (exact) mass is 598 g/mol. The van der Waals surface area contributed by atoms with Crippen LogP contribution in [0.5, 0.6) is 11.5 Å². The Balaban J connectivity index is 0.00000129. The molecule has 42 heavy (non-hydrogen) atoms. The van der Waals surface area contributed by atoms with Crippen LogP contribution in [0.2, 0.25) is 0 Å². The number of methoxy groups -OCH3 is 1. The van der Waals surface area contributed by atoms with Crippen LogP contribution < -0.4 is 9.64 Å². The van der Waals surface area contributed by atoms with E-state index in [0.29, 0.717) is 31.7 Å². The number of anilines is 1. The number of rotatable bonds is 4. The van der Waals surface area contributed by atoms with Gasteiger partial charge in [-0.3, -0.25) is 0 Å². The van der Waals surface area contributed by atoms with Crippen molar-refractivity contribution in [3.8, 4) is 11.5 Å². The van der Waals surface area contributed by atoms with Crippen LogP contribution in [0.25, 0.3) is 0 Å². The van der Waals surface area contributed by atoms with Crippen molar-refractivity contribution in [3.05, 3.63) is 88.7 Å². The molecule has 0 aromatic heterocycles. The molecule has 0 radical (unpaired) electrons. The summed E-state index contributed by atoms with van der Waals surface area (Å²) < 4.78 is 36.7. The van der Waals surface area contributed by atoms with Gasteiger partial charge in [-0.15, -0.1) is 0 Å². The summed E-state index contributed by atoms with van der Waals surface area (Å²) >= 11 is 0.250. The van der Waals surface area contributed by atoms with Crippen LogP contribution in [0.4, 0.5) is 18.8 Å². The Hall–Kier alpha value is -3.46. The fraction of sp³-hybridized carbons (Fsp3) is 0.424. The molecule has 6 nitrogen and oxygen atoms in total. The predicted molar refractivity (Wildman–Crippen MR) is 165 cm³/mol. The van der Waals surface area contributed by atoms with Gasteiger partial charge in [0.15, 0.2) is 0 Å². The molecular weight excluding hydrogens is 558 g/mol. The van der Waals surface area contributed by atoms with Crippen LogP contribution in [0.15, 0.2) is 60.7 Å². The first-order chi connectivity index (χ1) is 20.1. The topological polar surface area (TPSA) is 62.2 Å². The summed E-state index contributed by atoms with van der Waals surface area (Å²) in [5.41, 5.74) is 4.36. The Morgan fingerprint density at radius 1 is 0.976 bits per heavy atom. The van der Waals surface area contributed by atoms with Crippen molar-refractivity contribution in [3.63, 3.8) is 0 Å². The second-order valence-corrected chi connectivity index (χ2v) is 11.9. The van der Waals surface area contributed by atoms with Crippen molar-refractivity contribution in [1.82, 2.24) is 4.90 Å². The number of hydrogen-bond acceptors (Lipinski definition) is 6. The van der Waals surface area contributed by atoms with Gasteiger partial charge >= 0.3 is 6.09 Å². The lowest BCUT2D eigenvalue weighted by Crippen LogP contribution is -2.50. The van der Waals surface area contributed by atoms with E-state index >= 15 is 4.39 Å². The first-order valence-corrected chi connectivity index (χ1v) is 15.3. The Morgan fingerprint density at radius 3 is 2.29 bits per heavy atom. The highest BCUT2D eigenvalue weighted by atomic mass is 32.2. The third-order valence-electron chi connectivity index (χ3n) is 7.74. The summed E-state index contributed by atoms with van der Waals surface area (Å²) in [4.78, 5) is 16.5. The van der Waals surface area contributed by atoms with E-state index < -0.39 is 5.60 Å². The smallest absolute Gasteiger partial charge is 0.410 e. The molecule has 226 valence electrons. The van der Waals surface area contributed by atoms with Crippen molar-refractivity contribution in [1.29, 1.82) is 0 Å².